The molecule has 0 bridgehead atoms. The van der Waals surface area contributed by atoms with Crippen molar-refractivity contribution in [2.45, 2.75) is 12.6 Å². The van der Waals surface area contributed by atoms with Gasteiger partial charge in [-0.2, -0.15) is 13.2 Å². The first-order valence-corrected chi connectivity index (χ1v) is 7.07. The van der Waals surface area contributed by atoms with Gasteiger partial charge in [-0.05, 0) is 40.2 Å². The van der Waals surface area contributed by atoms with Crippen LogP contribution in [0.2, 0.25) is 0 Å². The molecule has 0 atom stereocenters. The molecule has 0 saturated carbocycles. The van der Waals surface area contributed by atoms with Gasteiger partial charge in [0.05, 0.1) is 11.1 Å². The maximum absolute atomic E-state index is 13.5. The molecule has 1 aromatic heterocycles. The van der Waals surface area contributed by atoms with Crippen LogP contribution in [0.25, 0.3) is 0 Å². The number of rotatable bonds is 3. The number of carbonyl (C=O) groups is 1. The third kappa shape index (κ3) is 3.46. The molecular formula is C13H7BrF4OS. The molecule has 2 aromatic rings. The van der Waals surface area contributed by atoms with Crippen molar-refractivity contribution in [2.75, 3.05) is 0 Å². The van der Waals surface area contributed by atoms with Crippen molar-refractivity contribution >= 4 is 33.0 Å². The monoisotopic (exact) mass is 366 g/mol. The van der Waals surface area contributed by atoms with Crippen LogP contribution in [0.15, 0.2) is 34.1 Å². The molecule has 2 rings (SSSR count). The van der Waals surface area contributed by atoms with Crippen LogP contribution in [0.1, 0.15) is 20.8 Å². The summed E-state index contributed by atoms with van der Waals surface area (Å²) in [4.78, 5) is 12.6. The fraction of sp³-hybridized carbons (Fsp3) is 0.154. The lowest BCUT2D eigenvalue weighted by Crippen LogP contribution is -2.10. The van der Waals surface area contributed by atoms with E-state index in [4.69, 9.17) is 0 Å². The molecule has 0 radical (unpaired) electrons. The van der Waals surface area contributed by atoms with E-state index in [0.29, 0.717) is 23.1 Å². The molecule has 0 aliphatic rings. The highest BCUT2D eigenvalue weighted by molar-refractivity contribution is 9.10. The summed E-state index contributed by atoms with van der Waals surface area (Å²) in [6.07, 6.45) is -4.73. The largest absolute Gasteiger partial charge is 0.416 e. The Bertz CT molecular complexity index is 648. The number of alkyl halides is 3. The molecule has 0 unspecified atom stereocenters. The van der Waals surface area contributed by atoms with Crippen molar-refractivity contribution in [3.8, 4) is 0 Å². The fourth-order valence-corrected chi connectivity index (χ4v) is 3.06. The Labute approximate surface area is 124 Å². The molecule has 0 spiro atoms. The van der Waals surface area contributed by atoms with E-state index >= 15 is 0 Å². The normalized spacial score (nSPS) is 11.7. The van der Waals surface area contributed by atoms with Crippen LogP contribution in [0.5, 0.6) is 0 Å². The van der Waals surface area contributed by atoms with Gasteiger partial charge in [0.1, 0.15) is 5.82 Å². The molecule has 106 valence electrons. The van der Waals surface area contributed by atoms with Gasteiger partial charge >= 0.3 is 6.18 Å². The van der Waals surface area contributed by atoms with E-state index in [-0.39, 0.29) is 6.42 Å². The van der Waals surface area contributed by atoms with Crippen molar-refractivity contribution < 1.29 is 22.4 Å². The van der Waals surface area contributed by atoms with Crippen LogP contribution in [0.3, 0.4) is 0 Å². The van der Waals surface area contributed by atoms with Crippen LogP contribution < -0.4 is 0 Å². The summed E-state index contributed by atoms with van der Waals surface area (Å²) in [5.41, 5.74) is -1.57. The summed E-state index contributed by atoms with van der Waals surface area (Å²) in [5, 5.41) is 1.74. The highest BCUT2D eigenvalue weighted by atomic mass is 79.9. The molecule has 1 heterocycles. The SMILES string of the molecule is O=C(Cc1cc(Br)cs1)c1cc(C(F)(F)F)ccc1F. The Morgan fingerprint density at radius 1 is 1.25 bits per heavy atom. The maximum atomic E-state index is 13.5. The second kappa shape index (κ2) is 5.65. The number of hydrogen-bond donors (Lipinski definition) is 0. The lowest BCUT2D eigenvalue weighted by molar-refractivity contribution is -0.137. The Balaban J connectivity index is 2.29. The summed E-state index contributed by atoms with van der Waals surface area (Å²) in [6.45, 7) is 0. The predicted molar refractivity (Wildman–Crippen MR) is 71.5 cm³/mol. The second-order valence-corrected chi connectivity index (χ2v) is 5.94. The first kappa shape index (κ1) is 15.2. The molecule has 0 amide bonds. The highest BCUT2D eigenvalue weighted by Crippen LogP contribution is 2.31. The van der Waals surface area contributed by atoms with Gasteiger partial charge in [-0.25, -0.2) is 4.39 Å². The van der Waals surface area contributed by atoms with Crippen molar-refractivity contribution in [1.29, 1.82) is 0 Å². The average molecular weight is 367 g/mol. The molecule has 7 heteroatoms. The zero-order chi connectivity index (χ0) is 14.9. The van der Waals surface area contributed by atoms with E-state index in [1.54, 1.807) is 11.4 Å². The zero-order valence-electron chi connectivity index (χ0n) is 9.80. The topological polar surface area (TPSA) is 17.1 Å². The summed E-state index contributed by atoms with van der Waals surface area (Å²) in [7, 11) is 0. The predicted octanol–water partition coefficient (Wildman–Crippen LogP) is 5.09. The third-order valence-corrected chi connectivity index (χ3v) is 4.25. The van der Waals surface area contributed by atoms with Crippen molar-refractivity contribution in [3.63, 3.8) is 0 Å². The van der Waals surface area contributed by atoms with Crippen LogP contribution in [-0.4, -0.2) is 5.78 Å². The van der Waals surface area contributed by atoms with Gasteiger partial charge in [0.15, 0.2) is 5.78 Å². The second-order valence-electron chi connectivity index (χ2n) is 4.02. The summed E-state index contributed by atoms with van der Waals surface area (Å²) in [5.74, 6) is -1.62. The highest BCUT2D eigenvalue weighted by Gasteiger charge is 2.31. The number of benzene rings is 1. The Morgan fingerprint density at radius 2 is 1.95 bits per heavy atom. The van der Waals surface area contributed by atoms with E-state index in [0.717, 1.165) is 4.47 Å². The van der Waals surface area contributed by atoms with Gasteiger partial charge in [-0.15, -0.1) is 11.3 Å². The van der Waals surface area contributed by atoms with Gasteiger partial charge in [0.2, 0.25) is 0 Å². The Morgan fingerprint density at radius 3 is 2.50 bits per heavy atom. The summed E-state index contributed by atoms with van der Waals surface area (Å²) < 4.78 is 52.0. The number of ketones is 1. The smallest absolute Gasteiger partial charge is 0.294 e. The van der Waals surface area contributed by atoms with E-state index in [1.165, 1.54) is 11.3 Å². The molecule has 0 aliphatic heterocycles. The number of hydrogen-bond acceptors (Lipinski definition) is 2. The van der Waals surface area contributed by atoms with Crippen molar-refractivity contribution in [3.05, 3.63) is 55.9 Å². The summed E-state index contributed by atoms with van der Waals surface area (Å²) >= 11 is 4.48. The number of thiophene rings is 1. The minimum atomic E-state index is -4.60. The van der Waals surface area contributed by atoms with E-state index < -0.39 is 28.9 Å². The van der Waals surface area contributed by atoms with Crippen LogP contribution in [-0.2, 0) is 12.6 Å². The van der Waals surface area contributed by atoms with E-state index in [1.807, 2.05) is 0 Å². The average Bonchev–Trinajstić information content (AvgIpc) is 2.73. The van der Waals surface area contributed by atoms with E-state index in [2.05, 4.69) is 15.9 Å². The Hall–Kier alpha value is -1.21. The lowest BCUT2D eigenvalue weighted by atomic mass is 10.0. The van der Waals surface area contributed by atoms with E-state index in [9.17, 15) is 22.4 Å². The van der Waals surface area contributed by atoms with Gasteiger partial charge in [-0.3, -0.25) is 4.79 Å². The number of halogens is 5. The summed E-state index contributed by atoms with van der Waals surface area (Å²) in [6, 6.07) is 3.52. The standard InChI is InChI=1S/C13H7BrF4OS/c14-8-4-9(20-6-8)5-12(19)10-3-7(13(16,17)18)1-2-11(10)15/h1-4,6H,5H2. The molecule has 1 aromatic carbocycles. The van der Waals surface area contributed by atoms with Crippen LogP contribution >= 0.6 is 27.3 Å². The maximum Gasteiger partial charge on any atom is 0.416 e. The molecule has 1 nitrogen and oxygen atoms in total. The molecule has 0 fully saturated rings. The molecule has 0 aliphatic carbocycles. The van der Waals surface area contributed by atoms with Gasteiger partial charge < -0.3 is 0 Å². The van der Waals surface area contributed by atoms with Gasteiger partial charge in [0.25, 0.3) is 0 Å². The molecule has 0 N–H and O–H groups in total. The molecular weight excluding hydrogens is 360 g/mol. The van der Waals surface area contributed by atoms with Crippen molar-refractivity contribution in [2.24, 2.45) is 0 Å². The zero-order valence-corrected chi connectivity index (χ0v) is 12.2. The van der Waals surface area contributed by atoms with Gasteiger partial charge in [0, 0.05) is 21.2 Å². The van der Waals surface area contributed by atoms with Crippen LogP contribution in [0.4, 0.5) is 17.6 Å². The lowest BCUT2D eigenvalue weighted by Gasteiger charge is -2.09. The number of carbonyl (C=O) groups excluding carboxylic acids is 1. The third-order valence-electron chi connectivity index (χ3n) is 2.55. The molecule has 0 saturated heterocycles. The minimum absolute atomic E-state index is 0.130. The first-order chi connectivity index (χ1) is 9.27. The Kier molecular flexibility index (Phi) is 4.29. The van der Waals surface area contributed by atoms with Crippen LogP contribution in [0, 0.1) is 5.82 Å². The number of Topliss-reactive ketones (excluding diaryl/α,β-unsaturated/α-hetero) is 1. The van der Waals surface area contributed by atoms with Crippen molar-refractivity contribution in [1.82, 2.24) is 0 Å². The first-order valence-electron chi connectivity index (χ1n) is 5.40. The minimum Gasteiger partial charge on any atom is -0.294 e. The fourth-order valence-electron chi connectivity index (χ4n) is 1.62. The quantitative estimate of drug-likeness (QED) is 0.545. The molecule has 20 heavy (non-hydrogen) atoms. The van der Waals surface area contributed by atoms with Gasteiger partial charge in [-0.1, -0.05) is 0 Å².